The number of carbonyl (C=O) groups excluding carboxylic acids is 2. The highest BCUT2D eigenvalue weighted by Crippen LogP contribution is 2.44. The number of hydrogen-bond acceptors (Lipinski definition) is 5. The van der Waals surface area contributed by atoms with E-state index in [2.05, 4.69) is 29.6 Å². The second-order valence-corrected chi connectivity index (χ2v) is 9.27. The van der Waals surface area contributed by atoms with Gasteiger partial charge >= 0.3 is 12.1 Å². The van der Waals surface area contributed by atoms with E-state index in [1.54, 1.807) is 4.90 Å². The smallest absolute Gasteiger partial charge is 0.407 e. The number of rotatable bonds is 9. The third-order valence-corrected chi connectivity index (χ3v) is 7.39. The van der Waals surface area contributed by atoms with Crippen LogP contribution in [0.25, 0.3) is 11.1 Å². The minimum Gasteiger partial charge on any atom is -0.481 e. The summed E-state index contributed by atoms with van der Waals surface area (Å²) in [6.45, 7) is 2.77. The van der Waals surface area contributed by atoms with Gasteiger partial charge in [0.25, 0.3) is 0 Å². The molecule has 8 nitrogen and oxygen atoms in total. The summed E-state index contributed by atoms with van der Waals surface area (Å²) >= 11 is 0. The minimum atomic E-state index is -0.877. The van der Waals surface area contributed by atoms with Crippen molar-refractivity contribution in [2.45, 2.75) is 38.2 Å². The first-order chi connectivity index (χ1) is 16.9. The molecule has 1 fully saturated rings. The molecule has 1 aliphatic heterocycles. The van der Waals surface area contributed by atoms with Gasteiger partial charge in [-0.2, -0.15) is 0 Å². The van der Waals surface area contributed by atoms with Crippen molar-refractivity contribution in [1.29, 1.82) is 0 Å². The molecule has 8 heteroatoms. The van der Waals surface area contributed by atoms with Gasteiger partial charge in [0.1, 0.15) is 6.61 Å². The second-order valence-electron chi connectivity index (χ2n) is 9.27. The van der Waals surface area contributed by atoms with Crippen LogP contribution in [0, 0.1) is 5.41 Å². The normalized spacial score (nSPS) is 19.7. The largest absolute Gasteiger partial charge is 0.481 e. The molecule has 0 spiro atoms. The molecule has 1 aliphatic carbocycles. The molecular weight excluding hydrogens is 448 g/mol. The molecule has 2 N–H and O–H groups in total. The number of amides is 2. The van der Waals surface area contributed by atoms with Gasteiger partial charge in [0, 0.05) is 32.7 Å². The Hall–Kier alpha value is -3.39. The molecule has 4 rings (SSSR count). The van der Waals surface area contributed by atoms with Crippen molar-refractivity contribution in [3.05, 3.63) is 59.7 Å². The van der Waals surface area contributed by atoms with E-state index >= 15 is 0 Å². The highest BCUT2D eigenvalue weighted by molar-refractivity contribution is 5.81. The molecule has 35 heavy (non-hydrogen) atoms. The van der Waals surface area contributed by atoms with Crippen LogP contribution in [0.5, 0.6) is 0 Å². The zero-order chi connectivity index (χ0) is 25.0. The van der Waals surface area contributed by atoms with Crippen molar-refractivity contribution in [2.24, 2.45) is 5.41 Å². The van der Waals surface area contributed by atoms with Gasteiger partial charge in [0.05, 0.1) is 17.9 Å². The first kappa shape index (κ1) is 24.7. The van der Waals surface area contributed by atoms with Gasteiger partial charge in [-0.25, -0.2) is 4.79 Å². The monoisotopic (exact) mass is 480 g/mol. The van der Waals surface area contributed by atoms with Crippen molar-refractivity contribution in [3.63, 3.8) is 0 Å². The van der Waals surface area contributed by atoms with Crippen LogP contribution in [-0.2, 0) is 19.1 Å². The quantitative estimate of drug-likeness (QED) is 0.568. The number of nitrogens with one attached hydrogen (secondary N) is 1. The molecule has 186 valence electrons. The van der Waals surface area contributed by atoms with Crippen LogP contribution in [0.15, 0.2) is 48.5 Å². The molecule has 1 heterocycles. The van der Waals surface area contributed by atoms with Crippen molar-refractivity contribution < 1.29 is 29.0 Å². The Morgan fingerprint density at radius 3 is 2.29 bits per heavy atom. The number of fused-ring (bicyclic) bond motifs is 3. The minimum absolute atomic E-state index is 0.0313. The van der Waals surface area contributed by atoms with E-state index < -0.39 is 23.6 Å². The third-order valence-electron chi connectivity index (χ3n) is 7.39. The Bertz CT molecular complexity index is 1060. The summed E-state index contributed by atoms with van der Waals surface area (Å²) in [5.74, 6) is -1.07. The number of aliphatic carboxylic acids is 1. The van der Waals surface area contributed by atoms with Crippen LogP contribution >= 0.6 is 0 Å². The highest BCUT2D eigenvalue weighted by atomic mass is 16.5. The Morgan fingerprint density at radius 2 is 1.74 bits per heavy atom. The van der Waals surface area contributed by atoms with Crippen LogP contribution in [0.3, 0.4) is 0 Å². The van der Waals surface area contributed by atoms with Crippen LogP contribution in [-0.4, -0.2) is 67.4 Å². The van der Waals surface area contributed by atoms with Crippen molar-refractivity contribution in [3.8, 4) is 11.1 Å². The Labute approximate surface area is 205 Å². The lowest BCUT2D eigenvalue weighted by atomic mass is 9.84. The van der Waals surface area contributed by atoms with Crippen LogP contribution in [0.1, 0.15) is 43.2 Å². The molecule has 2 aliphatic rings. The highest BCUT2D eigenvalue weighted by Gasteiger charge is 2.44. The second kappa shape index (κ2) is 10.5. The number of ether oxygens (including phenoxy) is 2. The fraction of sp³-hybridized carbons (Fsp3) is 0.444. The lowest BCUT2D eigenvalue weighted by Gasteiger charge is -2.24. The number of nitrogens with zero attached hydrogens (tertiary/aromatic N) is 1. The predicted octanol–water partition coefficient (Wildman–Crippen LogP) is 3.64. The fourth-order valence-electron chi connectivity index (χ4n) is 5.11. The summed E-state index contributed by atoms with van der Waals surface area (Å²) in [6.07, 6.45) is -0.133. The van der Waals surface area contributed by atoms with Crippen LogP contribution < -0.4 is 5.32 Å². The molecule has 1 saturated heterocycles. The van der Waals surface area contributed by atoms with Gasteiger partial charge in [-0.15, -0.1) is 0 Å². The maximum Gasteiger partial charge on any atom is 0.407 e. The third kappa shape index (κ3) is 5.03. The molecule has 0 aromatic heterocycles. The first-order valence-electron chi connectivity index (χ1n) is 12.0. The number of carboxylic acids is 1. The summed E-state index contributed by atoms with van der Waals surface area (Å²) in [5, 5.41) is 12.2. The maximum absolute atomic E-state index is 12.7. The SMILES string of the molecule is CCC1(C(=O)O)CCN(C(=O)CC(CNC(=O)OCC2c3ccccc3-c3ccccc32)OC)C1. The van der Waals surface area contributed by atoms with Crippen molar-refractivity contribution in [2.75, 3.05) is 33.4 Å². The number of benzene rings is 2. The standard InChI is InChI=1S/C27H32N2O6/c1-3-27(25(31)32)12-13-29(17-27)24(30)14-18(34-2)15-28-26(33)35-16-23-21-10-6-4-8-19(21)20-9-5-7-11-22(20)23/h4-11,18,23H,3,12-17H2,1-2H3,(H,28,33)(H,31,32). The van der Waals surface area contributed by atoms with Gasteiger partial charge < -0.3 is 24.8 Å². The molecule has 2 aromatic rings. The lowest BCUT2D eigenvalue weighted by Crippen LogP contribution is -2.40. The molecule has 2 unspecified atom stereocenters. The predicted molar refractivity (Wildman–Crippen MR) is 130 cm³/mol. The summed E-state index contributed by atoms with van der Waals surface area (Å²) in [5.41, 5.74) is 3.71. The summed E-state index contributed by atoms with van der Waals surface area (Å²) in [6, 6.07) is 16.3. The summed E-state index contributed by atoms with van der Waals surface area (Å²) in [7, 11) is 1.48. The van der Waals surface area contributed by atoms with E-state index in [1.165, 1.54) is 7.11 Å². The van der Waals surface area contributed by atoms with E-state index in [1.807, 2.05) is 31.2 Å². The van der Waals surface area contributed by atoms with E-state index in [0.717, 1.165) is 22.3 Å². The first-order valence-corrected chi connectivity index (χ1v) is 12.0. The van der Waals surface area contributed by atoms with Crippen LogP contribution in [0.4, 0.5) is 4.79 Å². The Balaban J connectivity index is 1.28. The number of hydrogen-bond donors (Lipinski definition) is 2. The maximum atomic E-state index is 12.7. The molecule has 0 bridgehead atoms. The molecule has 2 amide bonds. The number of alkyl carbamates (subject to hydrolysis) is 1. The molecule has 2 atom stereocenters. The average Bonchev–Trinajstić information content (AvgIpc) is 3.46. The van der Waals surface area contributed by atoms with Crippen LogP contribution in [0.2, 0.25) is 0 Å². The van der Waals surface area contributed by atoms with Gasteiger partial charge in [-0.05, 0) is 35.1 Å². The molecular formula is C27H32N2O6. The van der Waals surface area contributed by atoms with Crippen molar-refractivity contribution >= 4 is 18.0 Å². The van der Waals surface area contributed by atoms with E-state index in [4.69, 9.17) is 9.47 Å². The fourth-order valence-corrected chi connectivity index (χ4v) is 5.11. The summed E-state index contributed by atoms with van der Waals surface area (Å²) < 4.78 is 10.9. The van der Waals surface area contributed by atoms with Gasteiger partial charge in [-0.3, -0.25) is 9.59 Å². The van der Waals surface area contributed by atoms with Gasteiger partial charge in [0.2, 0.25) is 5.91 Å². The molecule has 2 aromatic carbocycles. The Morgan fingerprint density at radius 1 is 1.11 bits per heavy atom. The average molecular weight is 481 g/mol. The number of carboxylic acid groups (broad SMARTS) is 1. The topological polar surface area (TPSA) is 105 Å². The summed E-state index contributed by atoms with van der Waals surface area (Å²) in [4.78, 5) is 38.4. The van der Waals surface area contributed by atoms with E-state index in [0.29, 0.717) is 19.4 Å². The molecule has 0 saturated carbocycles. The van der Waals surface area contributed by atoms with E-state index in [-0.39, 0.29) is 37.9 Å². The Kier molecular flexibility index (Phi) is 7.40. The lowest BCUT2D eigenvalue weighted by molar-refractivity contribution is -0.148. The van der Waals surface area contributed by atoms with Gasteiger partial charge in [0.15, 0.2) is 0 Å². The number of likely N-dealkylation sites (tertiary alicyclic amines) is 1. The van der Waals surface area contributed by atoms with Gasteiger partial charge in [-0.1, -0.05) is 55.5 Å². The van der Waals surface area contributed by atoms with Crippen molar-refractivity contribution in [1.82, 2.24) is 10.2 Å². The van der Waals surface area contributed by atoms with E-state index in [9.17, 15) is 19.5 Å². The molecule has 0 radical (unpaired) electrons. The zero-order valence-electron chi connectivity index (χ0n) is 20.2. The zero-order valence-corrected chi connectivity index (χ0v) is 20.2. The number of methoxy groups -OCH3 is 1. The number of carbonyl (C=O) groups is 3.